The van der Waals surface area contributed by atoms with Crippen molar-refractivity contribution in [2.75, 3.05) is 5.32 Å². The summed E-state index contributed by atoms with van der Waals surface area (Å²) in [5.74, 6) is -0.306. The Hall–Kier alpha value is -1.95. The largest absolute Gasteiger partial charge is 0.319 e. The number of pyridine rings is 2. The van der Waals surface area contributed by atoms with Gasteiger partial charge in [-0.2, -0.15) is 0 Å². The number of carbonyl (C=O) groups is 1. The van der Waals surface area contributed by atoms with Crippen molar-refractivity contribution in [1.82, 2.24) is 9.55 Å². The second-order valence-electron chi connectivity index (χ2n) is 4.27. The predicted molar refractivity (Wildman–Crippen MR) is 80.9 cm³/mol. The molecule has 0 aromatic carbocycles. The SMILES string of the molecule is CCCn1cc(NC(=O)c2ccc(Br)cn2)ccc1=O. The first-order valence-electron chi connectivity index (χ1n) is 6.23. The van der Waals surface area contributed by atoms with Crippen molar-refractivity contribution in [1.29, 1.82) is 0 Å². The van der Waals surface area contributed by atoms with Crippen molar-refractivity contribution in [3.63, 3.8) is 0 Å². The van der Waals surface area contributed by atoms with Gasteiger partial charge < -0.3 is 9.88 Å². The van der Waals surface area contributed by atoms with E-state index in [1.54, 1.807) is 35.2 Å². The average molecular weight is 336 g/mol. The number of rotatable bonds is 4. The van der Waals surface area contributed by atoms with Gasteiger partial charge in [0.05, 0.1) is 5.69 Å². The maximum atomic E-state index is 12.0. The van der Waals surface area contributed by atoms with Crippen molar-refractivity contribution in [3.05, 3.63) is 57.2 Å². The zero-order valence-corrected chi connectivity index (χ0v) is 12.6. The third-order valence-electron chi connectivity index (χ3n) is 2.67. The lowest BCUT2D eigenvalue weighted by atomic mass is 10.3. The molecule has 0 saturated heterocycles. The minimum Gasteiger partial charge on any atom is -0.319 e. The molecule has 104 valence electrons. The number of aromatic nitrogens is 2. The number of halogens is 1. The van der Waals surface area contributed by atoms with E-state index in [4.69, 9.17) is 0 Å². The summed E-state index contributed by atoms with van der Waals surface area (Å²) in [6, 6.07) is 6.41. The molecule has 0 unspecified atom stereocenters. The fourth-order valence-corrected chi connectivity index (χ4v) is 1.96. The second kappa shape index (κ2) is 6.47. The summed E-state index contributed by atoms with van der Waals surface area (Å²) in [6.07, 6.45) is 4.06. The molecule has 5 nitrogen and oxygen atoms in total. The lowest BCUT2D eigenvalue weighted by Crippen LogP contribution is -2.20. The van der Waals surface area contributed by atoms with Gasteiger partial charge in [0.2, 0.25) is 0 Å². The smallest absolute Gasteiger partial charge is 0.274 e. The monoisotopic (exact) mass is 335 g/mol. The Balaban J connectivity index is 2.17. The van der Waals surface area contributed by atoms with Crippen LogP contribution in [0.15, 0.2) is 45.9 Å². The molecule has 1 N–H and O–H groups in total. The molecule has 2 rings (SSSR count). The van der Waals surface area contributed by atoms with Crippen LogP contribution in [-0.4, -0.2) is 15.5 Å². The maximum absolute atomic E-state index is 12.0. The summed E-state index contributed by atoms with van der Waals surface area (Å²) in [4.78, 5) is 27.6. The molecular formula is C14H14BrN3O2. The molecule has 0 spiro atoms. The van der Waals surface area contributed by atoms with Crippen molar-refractivity contribution in [2.45, 2.75) is 19.9 Å². The Morgan fingerprint density at radius 2 is 2.15 bits per heavy atom. The first kappa shape index (κ1) is 14.5. The van der Waals surface area contributed by atoms with Crippen LogP contribution in [0.1, 0.15) is 23.8 Å². The lowest BCUT2D eigenvalue weighted by Gasteiger charge is -2.08. The van der Waals surface area contributed by atoms with E-state index in [2.05, 4.69) is 26.2 Å². The standard InChI is InChI=1S/C14H14BrN3O2/c1-2-7-18-9-11(4-6-13(18)19)17-14(20)12-5-3-10(15)8-16-12/h3-6,8-9H,2,7H2,1H3,(H,17,20). The first-order chi connectivity index (χ1) is 9.60. The molecule has 0 aliphatic carbocycles. The Labute approximate surface area is 124 Å². The molecule has 0 bridgehead atoms. The van der Waals surface area contributed by atoms with E-state index < -0.39 is 0 Å². The average Bonchev–Trinajstić information content (AvgIpc) is 2.43. The molecule has 2 aromatic rings. The van der Waals surface area contributed by atoms with Gasteiger partial charge in [-0.15, -0.1) is 0 Å². The van der Waals surface area contributed by atoms with Crippen LogP contribution in [0, 0.1) is 0 Å². The number of anilines is 1. The van der Waals surface area contributed by atoms with E-state index in [0.717, 1.165) is 10.9 Å². The minimum absolute atomic E-state index is 0.0772. The molecule has 1 amide bonds. The predicted octanol–water partition coefficient (Wildman–Crippen LogP) is 2.67. The van der Waals surface area contributed by atoms with E-state index in [1.165, 1.54) is 6.07 Å². The fourth-order valence-electron chi connectivity index (χ4n) is 1.73. The summed E-state index contributed by atoms with van der Waals surface area (Å²) in [6.45, 7) is 2.61. The number of hydrogen-bond donors (Lipinski definition) is 1. The van der Waals surface area contributed by atoms with Crippen LogP contribution in [0.25, 0.3) is 0 Å². The Morgan fingerprint density at radius 3 is 2.80 bits per heavy atom. The third kappa shape index (κ3) is 3.54. The zero-order chi connectivity index (χ0) is 14.5. The van der Waals surface area contributed by atoms with Crippen molar-refractivity contribution in [2.24, 2.45) is 0 Å². The number of hydrogen-bond acceptors (Lipinski definition) is 3. The zero-order valence-electron chi connectivity index (χ0n) is 11.0. The first-order valence-corrected chi connectivity index (χ1v) is 7.03. The summed E-state index contributed by atoms with van der Waals surface area (Å²) in [5, 5.41) is 2.73. The molecule has 0 fully saturated rings. The highest BCUT2D eigenvalue weighted by Crippen LogP contribution is 2.10. The lowest BCUT2D eigenvalue weighted by molar-refractivity contribution is 0.102. The number of amides is 1. The van der Waals surface area contributed by atoms with Crippen LogP contribution < -0.4 is 10.9 Å². The Bertz CT molecular complexity index is 665. The van der Waals surface area contributed by atoms with E-state index in [0.29, 0.717) is 17.9 Å². The molecule has 6 heteroatoms. The van der Waals surface area contributed by atoms with Crippen LogP contribution in [0.4, 0.5) is 5.69 Å². The summed E-state index contributed by atoms with van der Waals surface area (Å²) >= 11 is 3.26. The summed E-state index contributed by atoms with van der Waals surface area (Å²) < 4.78 is 2.38. The van der Waals surface area contributed by atoms with Crippen molar-refractivity contribution < 1.29 is 4.79 Å². The number of nitrogens with zero attached hydrogens (tertiary/aromatic N) is 2. The quantitative estimate of drug-likeness (QED) is 0.934. The van der Waals surface area contributed by atoms with Gasteiger partial charge in [0.15, 0.2) is 0 Å². The number of nitrogens with one attached hydrogen (secondary N) is 1. The summed E-state index contributed by atoms with van der Waals surface area (Å²) in [5.41, 5.74) is 0.820. The maximum Gasteiger partial charge on any atom is 0.274 e. The minimum atomic E-state index is -0.306. The molecule has 2 heterocycles. The van der Waals surface area contributed by atoms with Crippen LogP contribution in [0.2, 0.25) is 0 Å². The highest BCUT2D eigenvalue weighted by atomic mass is 79.9. The highest BCUT2D eigenvalue weighted by Gasteiger charge is 2.08. The normalized spacial score (nSPS) is 10.3. The molecule has 20 heavy (non-hydrogen) atoms. The van der Waals surface area contributed by atoms with Gasteiger partial charge in [-0.1, -0.05) is 6.92 Å². The van der Waals surface area contributed by atoms with Crippen LogP contribution in [-0.2, 0) is 6.54 Å². The number of aryl methyl sites for hydroxylation is 1. The molecule has 0 radical (unpaired) electrons. The van der Waals surface area contributed by atoms with Gasteiger partial charge in [0.1, 0.15) is 5.69 Å². The van der Waals surface area contributed by atoms with Crippen LogP contribution in [0.3, 0.4) is 0 Å². The van der Waals surface area contributed by atoms with Gasteiger partial charge in [0, 0.05) is 29.5 Å². The number of carbonyl (C=O) groups excluding carboxylic acids is 1. The highest BCUT2D eigenvalue weighted by molar-refractivity contribution is 9.10. The van der Waals surface area contributed by atoms with Gasteiger partial charge in [-0.25, -0.2) is 4.98 Å². The molecular weight excluding hydrogens is 322 g/mol. The molecule has 0 saturated carbocycles. The van der Waals surface area contributed by atoms with Gasteiger partial charge >= 0.3 is 0 Å². The second-order valence-corrected chi connectivity index (χ2v) is 5.18. The van der Waals surface area contributed by atoms with Crippen molar-refractivity contribution >= 4 is 27.5 Å². The van der Waals surface area contributed by atoms with E-state index in [9.17, 15) is 9.59 Å². The van der Waals surface area contributed by atoms with Crippen LogP contribution in [0.5, 0.6) is 0 Å². The van der Waals surface area contributed by atoms with Gasteiger partial charge in [0.25, 0.3) is 11.5 Å². The molecule has 0 aliphatic rings. The van der Waals surface area contributed by atoms with E-state index in [1.807, 2.05) is 6.92 Å². The van der Waals surface area contributed by atoms with E-state index in [-0.39, 0.29) is 11.5 Å². The topological polar surface area (TPSA) is 64.0 Å². The van der Waals surface area contributed by atoms with Crippen LogP contribution >= 0.6 is 15.9 Å². The van der Waals surface area contributed by atoms with Gasteiger partial charge in [-0.3, -0.25) is 9.59 Å². The van der Waals surface area contributed by atoms with E-state index >= 15 is 0 Å². The van der Waals surface area contributed by atoms with Crippen molar-refractivity contribution in [3.8, 4) is 0 Å². The molecule has 2 aromatic heterocycles. The summed E-state index contributed by atoms with van der Waals surface area (Å²) in [7, 11) is 0. The third-order valence-corrected chi connectivity index (χ3v) is 3.13. The van der Waals surface area contributed by atoms with Gasteiger partial charge in [-0.05, 0) is 40.5 Å². The Morgan fingerprint density at radius 1 is 1.35 bits per heavy atom. The molecule has 0 aliphatic heterocycles. The molecule has 0 atom stereocenters. The fraction of sp³-hybridized carbons (Fsp3) is 0.214. The Kier molecular flexibility index (Phi) is 4.68.